The fraction of sp³-hybridized carbons (Fsp3) is 0.231. The third-order valence-corrected chi connectivity index (χ3v) is 6.34. The molecule has 2 N–H and O–H groups in total. The molecule has 0 bridgehead atoms. The molecule has 4 rings (SSSR count). The molecule has 0 aliphatic rings. The summed E-state index contributed by atoms with van der Waals surface area (Å²) in [7, 11) is 1.54. The number of fused-ring (bicyclic) bond motifs is 1. The Balaban J connectivity index is 1.54. The van der Waals surface area contributed by atoms with Crippen LogP contribution in [0.4, 0.5) is 5.69 Å². The van der Waals surface area contributed by atoms with E-state index >= 15 is 0 Å². The highest BCUT2D eigenvalue weighted by Crippen LogP contribution is 2.28. The maximum Gasteiger partial charge on any atom is 0.261 e. The van der Waals surface area contributed by atoms with Crippen LogP contribution >= 0.6 is 28.1 Å². The van der Waals surface area contributed by atoms with Crippen molar-refractivity contribution in [2.24, 2.45) is 0 Å². The number of aryl methyl sites for hydroxylation is 2. The number of amides is 1. The molecule has 7 nitrogen and oxygen atoms in total. The third-order valence-electron chi connectivity index (χ3n) is 5.68. The van der Waals surface area contributed by atoms with Crippen LogP contribution in [0.2, 0.25) is 0 Å². The van der Waals surface area contributed by atoms with E-state index in [2.05, 4.69) is 62.7 Å². The van der Waals surface area contributed by atoms with Gasteiger partial charge >= 0.3 is 0 Å². The molecule has 0 spiro atoms. The largest absolute Gasteiger partial charge is 0.496 e. The lowest BCUT2D eigenvalue weighted by molar-refractivity contribution is 0.0974. The van der Waals surface area contributed by atoms with Crippen LogP contribution in [-0.2, 0) is 0 Å². The molecule has 0 fully saturated rings. The summed E-state index contributed by atoms with van der Waals surface area (Å²) in [6, 6.07) is 15.6. The van der Waals surface area contributed by atoms with Gasteiger partial charge in [-0.15, -0.1) is 10.2 Å². The molecule has 4 aromatic rings. The van der Waals surface area contributed by atoms with Gasteiger partial charge in [0.25, 0.3) is 5.91 Å². The quantitative estimate of drug-likeness (QED) is 0.293. The van der Waals surface area contributed by atoms with Crippen molar-refractivity contribution in [3.05, 3.63) is 75.3 Å². The predicted molar refractivity (Wildman–Crippen MR) is 147 cm³/mol. The smallest absolute Gasteiger partial charge is 0.261 e. The standard InChI is InChI=1S/C26H26BrN5O2S/c1-14(2)17-6-8-19(9-7-17)32-30-22-11-15(3)21(13-23(22)31-32)28-26(35)29-25(33)20-12-18(27)10-16(4)24(20)34-5/h6-14H,1-5H3,(H2,28,29,33,35). The van der Waals surface area contributed by atoms with E-state index in [4.69, 9.17) is 17.0 Å². The average Bonchev–Trinajstić information content (AvgIpc) is 3.21. The van der Waals surface area contributed by atoms with Gasteiger partial charge in [-0.2, -0.15) is 4.80 Å². The van der Waals surface area contributed by atoms with Crippen molar-refractivity contribution < 1.29 is 9.53 Å². The number of halogens is 1. The van der Waals surface area contributed by atoms with Crippen LogP contribution in [0, 0.1) is 13.8 Å². The van der Waals surface area contributed by atoms with Crippen molar-refractivity contribution in [3.63, 3.8) is 0 Å². The van der Waals surface area contributed by atoms with Crippen molar-refractivity contribution in [1.82, 2.24) is 20.3 Å². The molecule has 1 aromatic heterocycles. The minimum absolute atomic E-state index is 0.175. The first kappa shape index (κ1) is 24.8. The van der Waals surface area contributed by atoms with Gasteiger partial charge in [0.15, 0.2) is 5.11 Å². The topological polar surface area (TPSA) is 81.1 Å². The summed E-state index contributed by atoms with van der Waals surface area (Å²) < 4.78 is 6.19. The van der Waals surface area contributed by atoms with Gasteiger partial charge < -0.3 is 10.1 Å². The minimum Gasteiger partial charge on any atom is -0.496 e. The first-order valence-corrected chi connectivity index (χ1v) is 12.3. The summed E-state index contributed by atoms with van der Waals surface area (Å²) >= 11 is 8.84. The monoisotopic (exact) mass is 551 g/mol. The SMILES string of the molecule is COc1c(C)cc(Br)cc1C(=O)NC(=S)Nc1cc2nn(-c3ccc(C(C)C)cc3)nc2cc1C. The average molecular weight is 552 g/mol. The molecule has 0 aliphatic heterocycles. The highest BCUT2D eigenvalue weighted by Gasteiger charge is 2.17. The summed E-state index contributed by atoms with van der Waals surface area (Å²) in [5.41, 5.74) is 6.53. The van der Waals surface area contributed by atoms with Crippen LogP contribution in [0.15, 0.2) is 53.0 Å². The van der Waals surface area contributed by atoms with Gasteiger partial charge in [-0.05, 0) is 85.1 Å². The van der Waals surface area contributed by atoms with E-state index in [9.17, 15) is 4.79 Å². The van der Waals surface area contributed by atoms with Crippen LogP contribution in [0.3, 0.4) is 0 Å². The second-order valence-electron chi connectivity index (χ2n) is 8.60. The first-order valence-electron chi connectivity index (χ1n) is 11.1. The van der Waals surface area contributed by atoms with Crippen LogP contribution in [0.5, 0.6) is 5.75 Å². The molecule has 1 amide bonds. The highest BCUT2D eigenvalue weighted by atomic mass is 79.9. The van der Waals surface area contributed by atoms with Gasteiger partial charge in [0.05, 0.1) is 18.4 Å². The predicted octanol–water partition coefficient (Wildman–Crippen LogP) is 6.06. The van der Waals surface area contributed by atoms with E-state index in [0.717, 1.165) is 32.5 Å². The van der Waals surface area contributed by atoms with E-state index < -0.39 is 0 Å². The van der Waals surface area contributed by atoms with E-state index in [1.54, 1.807) is 10.9 Å². The zero-order valence-corrected chi connectivity index (χ0v) is 22.5. The molecule has 0 saturated carbocycles. The molecule has 9 heteroatoms. The number of thiocarbonyl (C=S) groups is 1. The van der Waals surface area contributed by atoms with E-state index in [0.29, 0.717) is 22.7 Å². The second-order valence-corrected chi connectivity index (χ2v) is 9.93. The van der Waals surface area contributed by atoms with Crippen molar-refractivity contribution in [3.8, 4) is 11.4 Å². The van der Waals surface area contributed by atoms with Crippen molar-refractivity contribution >= 4 is 55.9 Å². The Hall–Kier alpha value is -3.30. The molecule has 0 atom stereocenters. The molecule has 180 valence electrons. The summed E-state index contributed by atoms with van der Waals surface area (Å²) in [6.45, 7) is 8.15. The number of anilines is 1. The number of aromatic nitrogens is 3. The summed E-state index contributed by atoms with van der Waals surface area (Å²) in [4.78, 5) is 14.5. The Bertz CT molecular complexity index is 1430. The number of rotatable bonds is 5. The number of carbonyl (C=O) groups is 1. The Kier molecular flexibility index (Phi) is 7.18. The molecule has 35 heavy (non-hydrogen) atoms. The number of nitrogens with one attached hydrogen (secondary N) is 2. The number of methoxy groups -OCH3 is 1. The Morgan fingerprint density at radius 1 is 1.03 bits per heavy atom. The molecular formula is C26H26BrN5O2S. The minimum atomic E-state index is -0.363. The fourth-order valence-electron chi connectivity index (χ4n) is 3.80. The van der Waals surface area contributed by atoms with Crippen LogP contribution in [0.25, 0.3) is 16.7 Å². The third kappa shape index (κ3) is 5.36. The Morgan fingerprint density at radius 2 is 1.69 bits per heavy atom. The lowest BCUT2D eigenvalue weighted by atomic mass is 10.0. The zero-order chi connectivity index (χ0) is 25.3. The number of benzene rings is 3. The molecule has 3 aromatic carbocycles. The number of ether oxygens (including phenoxy) is 1. The van der Waals surface area contributed by atoms with Crippen LogP contribution in [0.1, 0.15) is 46.8 Å². The summed E-state index contributed by atoms with van der Waals surface area (Å²) in [6.07, 6.45) is 0. The number of hydrogen-bond acceptors (Lipinski definition) is 5. The fourth-order valence-corrected chi connectivity index (χ4v) is 4.58. The van der Waals surface area contributed by atoms with Crippen molar-refractivity contribution in [1.29, 1.82) is 0 Å². The number of nitrogens with zero attached hydrogens (tertiary/aromatic N) is 3. The molecular weight excluding hydrogens is 526 g/mol. The van der Waals surface area contributed by atoms with Crippen molar-refractivity contribution in [2.75, 3.05) is 12.4 Å². The van der Waals surface area contributed by atoms with E-state index in [1.807, 2.05) is 44.2 Å². The van der Waals surface area contributed by atoms with Crippen LogP contribution < -0.4 is 15.4 Å². The lowest BCUT2D eigenvalue weighted by Gasteiger charge is -2.14. The lowest BCUT2D eigenvalue weighted by Crippen LogP contribution is -2.34. The Labute approximate surface area is 218 Å². The van der Waals surface area contributed by atoms with Crippen LogP contribution in [-0.4, -0.2) is 33.1 Å². The maximum absolute atomic E-state index is 12.9. The normalized spacial score (nSPS) is 11.1. The maximum atomic E-state index is 12.9. The molecule has 0 unspecified atom stereocenters. The molecule has 0 aliphatic carbocycles. The van der Waals surface area contributed by atoms with Gasteiger partial charge in [0.2, 0.25) is 0 Å². The van der Waals surface area contributed by atoms with Crippen molar-refractivity contribution in [2.45, 2.75) is 33.6 Å². The van der Waals surface area contributed by atoms with Gasteiger partial charge in [-0.3, -0.25) is 10.1 Å². The Morgan fingerprint density at radius 3 is 2.31 bits per heavy atom. The van der Waals surface area contributed by atoms with Gasteiger partial charge in [0, 0.05) is 10.2 Å². The first-order chi connectivity index (χ1) is 16.7. The zero-order valence-electron chi connectivity index (χ0n) is 20.1. The van der Waals surface area contributed by atoms with Gasteiger partial charge in [-0.25, -0.2) is 0 Å². The summed E-state index contributed by atoms with van der Waals surface area (Å²) in [5.74, 6) is 0.602. The van der Waals surface area contributed by atoms with E-state index in [1.165, 1.54) is 12.7 Å². The number of carbonyl (C=O) groups excluding carboxylic acids is 1. The highest BCUT2D eigenvalue weighted by molar-refractivity contribution is 9.10. The van der Waals surface area contributed by atoms with E-state index in [-0.39, 0.29) is 11.0 Å². The number of hydrogen-bond donors (Lipinski definition) is 2. The molecule has 0 radical (unpaired) electrons. The summed E-state index contributed by atoms with van der Waals surface area (Å²) in [5, 5.41) is 15.3. The van der Waals surface area contributed by atoms with Gasteiger partial charge in [0.1, 0.15) is 16.8 Å². The molecule has 1 heterocycles. The van der Waals surface area contributed by atoms with Gasteiger partial charge in [-0.1, -0.05) is 41.9 Å². The second kappa shape index (κ2) is 10.1. The molecule has 0 saturated heterocycles.